The van der Waals surface area contributed by atoms with E-state index in [0.717, 1.165) is 24.0 Å². The molecule has 4 rings (SSSR count). The van der Waals surface area contributed by atoms with Crippen molar-refractivity contribution in [3.63, 3.8) is 0 Å². The number of anilines is 1. The van der Waals surface area contributed by atoms with Gasteiger partial charge in [-0.05, 0) is 17.7 Å². The Hall–Kier alpha value is -4.91. The fourth-order valence-electron chi connectivity index (χ4n) is 4.33. The highest BCUT2D eigenvalue weighted by molar-refractivity contribution is 6.24. The van der Waals surface area contributed by atoms with Gasteiger partial charge in [-0.15, -0.1) is 0 Å². The van der Waals surface area contributed by atoms with Gasteiger partial charge < -0.3 is 15.2 Å². The van der Waals surface area contributed by atoms with Gasteiger partial charge in [0.05, 0.1) is 54.2 Å². The lowest BCUT2D eigenvalue weighted by molar-refractivity contribution is -0.139. The second kappa shape index (κ2) is 8.79. The van der Waals surface area contributed by atoms with Gasteiger partial charge in [-0.25, -0.2) is 9.59 Å². The number of hydrogen-bond donors (Lipinski definition) is 1. The molecule has 2 aliphatic heterocycles. The van der Waals surface area contributed by atoms with Crippen LogP contribution in [0.4, 0.5) is 5.69 Å². The third kappa shape index (κ3) is 3.41. The molecule has 0 saturated heterocycles. The van der Waals surface area contributed by atoms with Gasteiger partial charge >= 0.3 is 11.9 Å². The number of benzene rings is 2. The van der Waals surface area contributed by atoms with Gasteiger partial charge in [0.2, 0.25) is 0 Å². The summed E-state index contributed by atoms with van der Waals surface area (Å²) in [7, 11) is 3.59. The first-order valence-corrected chi connectivity index (χ1v) is 10.4. The maximum Gasteiger partial charge on any atom is 0.355 e. The minimum absolute atomic E-state index is 0.0241. The number of amides is 2. The lowest BCUT2D eigenvalue weighted by Crippen LogP contribution is -2.41. The van der Waals surface area contributed by atoms with E-state index in [0.29, 0.717) is 5.56 Å². The summed E-state index contributed by atoms with van der Waals surface area (Å²) in [6.07, 6.45) is 0. The highest BCUT2D eigenvalue weighted by Gasteiger charge is 2.45. The fraction of sp³-hybridized carbons (Fsp3) is 0.160. The van der Waals surface area contributed by atoms with Gasteiger partial charge in [0, 0.05) is 7.05 Å². The van der Waals surface area contributed by atoms with Crippen molar-refractivity contribution in [1.29, 1.82) is 5.26 Å². The number of carbonyl (C=O) groups excluding carboxylic acids is 4. The molecule has 2 aromatic rings. The van der Waals surface area contributed by atoms with E-state index in [-0.39, 0.29) is 39.5 Å². The molecule has 2 heterocycles. The Balaban J connectivity index is 2.12. The van der Waals surface area contributed by atoms with Crippen molar-refractivity contribution in [2.45, 2.75) is 5.92 Å². The minimum Gasteiger partial charge on any atom is -0.466 e. The summed E-state index contributed by atoms with van der Waals surface area (Å²) in [4.78, 5) is 53.9. The van der Waals surface area contributed by atoms with Gasteiger partial charge in [0.15, 0.2) is 0 Å². The van der Waals surface area contributed by atoms with E-state index < -0.39 is 29.7 Å². The Kier molecular flexibility index (Phi) is 5.84. The highest BCUT2D eigenvalue weighted by Crippen LogP contribution is 2.45. The average molecular weight is 472 g/mol. The Bertz CT molecular complexity index is 1390. The maximum absolute atomic E-state index is 13.2. The summed E-state index contributed by atoms with van der Waals surface area (Å²) in [6, 6.07) is 15.0. The third-order valence-electron chi connectivity index (χ3n) is 5.95. The lowest BCUT2D eigenvalue weighted by atomic mass is 9.80. The number of rotatable bonds is 4. The molecule has 0 aromatic heterocycles. The molecule has 2 aromatic carbocycles. The number of allylic oxidation sites excluding steroid dienone is 1. The molecule has 10 heteroatoms. The standard InChI is InChI=1S/C25H20N4O6/c1-28-22(30)14-10-7-11-16(18(14)23(28)31)29-20(25(33)35-3)19(24(32)34-2)17(15(12-26)21(29)27)13-8-5-4-6-9-13/h4-11,17H,27H2,1-3H3. The number of nitriles is 1. The van der Waals surface area contributed by atoms with Crippen molar-refractivity contribution in [1.82, 2.24) is 4.90 Å². The number of esters is 2. The van der Waals surface area contributed by atoms with Crippen molar-refractivity contribution >= 4 is 29.4 Å². The maximum atomic E-state index is 13.2. The van der Waals surface area contributed by atoms with Crippen molar-refractivity contribution in [2.75, 3.05) is 26.2 Å². The zero-order valence-electron chi connectivity index (χ0n) is 19.1. The molecule has 1 atom stereocenters. The molecule has 2 N–H and O–H groups in total. The molecule has 2 amide bonds. The molecule has 1 unspecified atom stereocenters. The Morgan fingerprint density at radius 1 is 0.971 bits per heavy atom. The van der Waals surface area contributed by atoms with Crippen LogP contribution in [0.15, 0.2) is 71.2 Å². The second-order valence-corrected chi connectivity index (χ2v) is 7.70. The Labute approximate surface area is 200 Å². The van der Waals surface area contributed by atoms with Gasteiger partial charge in [0.25, 0.3) is 11.8 Å². The third-order valence-corrected chi connectivity index (χ3v) is 5.95. The van der Waals surface area contributed by atoms with Crippen molar-refractivity contribution in [2.24, 2.45) is 5.73 Å². The molecular weight excluding hydrogens is 452 g/mol. The van der Waals surface area contributed by atoms with E-state index in [1.807, 2.05) is 6.07 Å². The van der Waals surface area contributed by atoms with Crippen LogP contribution >= 0.6 is 0 Å². The van der Waals surface area contributed by atoms with Gasteiger partial charge in [-0.3, -0.25) is 19.4 Å². The Morgan fingerprint density at radius 2 is 1.63 bits per heavy atom. The van der Waals surface area contributed by atoms with E-state index in [2.05, 4.69) is 0 Å². The van der Waals surface area contributed by atoms with Crippen molar-refractivity contribution < 1.29 is 28.7 Å². The minimum atomic E-state index is -1.05. The number of hydrogen-bond acceptors (Lipinski definition) is 9. The van der Waals surface area contributed by atoms with E-state index in [4.69, 9.17) is 15.2 Å². The summed E-state index contributed by atoms with van der Waals surface area (Å²) in [5, 5.41) is 10.1. The van der Waals surface area contributed by atoms with Gasteiger partial charge in [-0.2, -0.15) is 5.26 Å². The number of carbonyl (C=O) groups is 4. The summed E-state index contributed by atoms with van der Waals surface area (Å²) in [6.45, 7) is 0. The predicted molar refractivity (Wildman–Crippen MR) is 122 cm³/mol. The largest absolute Gasteiger partial charge is 0.466 e. The van der Waals surface area contributed by atoms with Crippen LogP contribution in [0.3, 0.4) is 0 Å². The zero-order valence-corrected chi connectivity index (χ0v) is 19.1. The van der Waals surface area contributed by atoms with E-state index >= 15 is 0 Å². The normalized spacial score (nSPS) is 17.4. The topological polar surface area (TPSA) is 143 Å². The zero-order chi connectivity index (χ0) is 25.4. The van der Waals surface area contributed by atoms with Crippen LogP contribution < -0.4 is 10.6 Å². The Morgan fingerprint density at radius 3 is 2.23 bits per heavy atom. The van der Waals surface area contributed by atoms with Crippen LogP contribution in [-0.4, -0.2) is 49.9 Å². The van der Waals surface area contributed by atoms with Crippen molar-refractivity contribution in [3.8, 4) is 6.07 Å². The molecule has 0 radical (unpaired) electrons. The first kappa shape index (κ1) is 23.3. The smallest absolute Gasteiger partial charge is 0.355 e. The van der Waals surface area contributed by atoms with Crippen LogP contribution in [0.2, 0.25) is 0 Å². The molecule has 176 valence electrons. The summed E-state index contributed by atoms with van der Waals surface area (Å²) >= 11 is 0. The molecule has 0 spiro atoms. The molecule has 0 aliphatic carbocycles. The fourth-order valence-corrected chi connectivity index (χ4v) is 4.33. The van der Waals surface area contributed by atoms with E-state index in [1.165, 1.54) is 25.2 Å². The number of imide groups is 1. The molecule has 2 aliphatic rings. The number of nitrogens with zero attached hydrogens (tertiary/aromatic N) is 3. The summed E-state index contributed by atoms with van der Waals surface area (Å²) in [5.41, 5.74) is 6.52. The second-order valence-electron chi connectivity index (χ2n) is 7.70. The molecule has 0 bridgehead atoms. The predicted octanol–water partition coefficient (Wildman–Crippen LogP) is 1.81. The van der Waals surface area contributed by atoms with Crippen LogP contribution in [0.5, 0.6) is 0 Å². The molecule has 10 nitrogen and oxygen atoms in total. The molecule has 0 saturated carbocycles. The first-order valence-electron chi connectivity index (χ1n) is 10.4. The summed E-state index contributed by atoms with van der Waals surface area (Å²) in [5.74, 6) is -4.24. The first-order chi connectivity index (χ1) is 16.8. The monoisotopic (exact) mass is 472 g/mol. The average Bonchev–Trinajstić information content (AvgIpc) is 3.11. The van der Waals surface area contributed by atoms with Gasteiger partial charge in [-0.1, -0.05) is 36.4 Å². The SMILES string of the molecule is COC(=O)C1=C(C(=O)OC)N(c2cccc3c2C(=O)N(C)C3=O)C(N)=C(C#N)C1c1ccccc1. The number of ether oxygens (including phenoxy) is 2. The van der Waals surface area contributed by atoms with E-state index in [1.54, 1.807) is 30.3 Å². The molecule has 0 fully saturated rings. The van der Waals surface area contributed by atoms with Crippen molar-refractivity contribution in [3.05, 3.63) is 87.9 Å². The highest BCUT2D eigenvalue weighted by atomic mass is 16.5. The van der Waals surface area contributed by atoms with Crippen LogP contribution in [0.25, 0.3) is 0 Å². The van der Waals surface area contributed by atoms with E-state index in [9.17, 15) is 24.4 Å². The summed E-state index contributed by atoms with van der Waals surface area (Å²) < 4.78 is 9.98. The van der Waals surface area contributed by atoms with Crippen LogP contribution in [-0.2, 0) is 19.1 Å². The van der Waals surface area contributed by atoms with Crippen LogP contribution in [0, 0.1) is 11.3 Å². The van der Waals surface area contributed by atoms with Crippen LogP contribution in [0.1, 0.15) is 32.2 Å². The number of methoxy groups -OCH3 is 2. The number of fused-ring (bicyclic) bond motifs is 1. The molecule has 35 heavy (non-hydrogen) atoms. The van der Waals surface area contributed by atoms with Gasteiger partial charge in [0.1, 0.15) is 11.5 Å². The molecular formula is C25H20N4O6. The quantitative estimate of drug-likeness (QED) is 0.520. The lowest BCUT2D eigenvalue weighted by Gasteiger charge is -2.36. The number of nitrogens with two attached hydrogens (primary N) is 1.